The molecular weight excluding hydrogens is 256 g/mol. The van der Waals surface area contributed by atoms with Crippen LogP contribution in [0, 0.1) is 0 Å². The van der Waals surface area contributed by atoms with Crippen LogP contribution in [0.2, 0.25) is 0 Å². The van der Waals surface area contributed by atoms with Gasteiger partial charge in [0.15, 0.2) is 5.82 Å². The van der Waals surface area contributed by atoms with Crippen LogP contribution in [0.15, 0.2) is 11.1 Å². The molecule has 0 radical (unpaired) electrons. The number of nitrogens with two attached hydrogens (primary N) is 1. The van der Waals surface area contributed by atoms with E-state index in [9.17, 15) is 13.5 Å². The van der Waals surface area contributed by atoms with Gasteiger partial charge in [-0.2, -0.15) is 5.10 Å². The van der Waals surface area contributed by atoms with E-state index in [4.69, 9.17) is 5.73 Å². The first kappa shape index (κ1) is 14.9. The quantitative estimate of drug-likeness (QED) is 0.673. The molecule has 8 heteroatoms. The van der Waals surface area contributed by atoms with Crippen molar-refractivity contribution in [1.82, 2.24) is 14.5 Å². The van der Waals surface area contributed by atoms with Gasteiger partial charge in [0, 0.05) is 18.8 Å². The molecule has 1 heterocycles. The molecule has 0 aliphatic rings. The average Bonchev–Trinajstić information content (AvgIpc) is 2.58. The molecule has 0 saturated carbocycles. The van der Waals surface area contributed by atoms with Crippen molar-refractivity contribution in [3.63, 3.8) is 0 Å². The number of anilines is 1. The Bertz CT molecular complexity index is 495. The predicted octanol–water partition coefficient (Wildman–Crippen LogP) is -0.0771. The Hall–Kier alpha value is -1.12. The highest BCUT2D eigenvalue weighted by atomic mass is 32.2. The van der Waals surface area contributed by atoms with E-state index in [1.165, 1.54) is 10.9 Å². The zero-order valence-corrected chi connectivity index (χ0v) is 11.6. The van der Waals surface area contributed by atoms with Gasteiger partial charge in [-0.1, -0.05) is 0 Å². The molecule has 104 valence electrons. The maximum atomic E-state index is 12.0. The van der Waals surface area contributed by atoms with Gasteiger partial charge < -0.3 is 10.8 Å². The molecule has 7 nitrogen and oxygen atoms in total. The summed E-state index contributed by atoms with van der Waals surface area (Å²) in [7, 11) is -3.69. The number of nitrogens with zero attached hydrogens (tertiary/aromatic N) is 2. The van der Waals surface area contributed by atoms with E-state index in [-0.39, 0.29) is 16.8 Å². The van der Waals surface area contributed by atoms with Gasteiger partial charge >= 0.3 is 0 Å². The summed E-state index contributed by atoms with van der Waals surface area (Å²) in [6.45, 7) is 5.67. The van der Waals surface area contributed by atoms with E-state index in [2.05, 4.69) is 9.82 Å². The standard InChI is InChI=1S/C10H20N4O3S/c1-4-14-6-9(10(11)12-14)18(16,17)13-7(2)5-8(3)15/h6-8,13,15H,4-5H2,1-3H3,(H2,11,12). The number of aliphatic hydroxyl groups excluding tert-OH is 1. The minimum atomic E-state index is -3.69. The lowest BCUT2D eigenvalue weighted by Gasteiger charge is -2.14. The number of sulfonamides is 1. The van der Waals surface area contributed by atoms with Crippen LogP contribution < -0.4 is 10.5 Å². The first-order valence-electron chi connectivity index (χ1n) is 5.79. The van der Waals surface area contributed by atoms with Crippen molar-refractivity contribution in [1.29, 1.82) is 0 Å². The SMILES string of the molecule is CCn1cc(S(=O)(=O)NC(C)CC(C)O)c(N)n1. The van der Waals surface area contributed by atoms with Gasteiger partial charge in [0.05, 0.1) is 6.10 Å². The summed E-state index contributed by atoms with van der Waals surface area (Å²) in [5, 5.41) is 13.1. The second-order valence-electron chi connectivity index (χ2n) is 4.34. The molecule has 0 spiro atoms. The number of aliphatic hydroxyl groups is 1. The second kappa shape index (κ2) is 5.68. The molecule has 0 bridgehead atoms. The van der Waals surface area contributed by atoms with Crippen LogP contribution in [0.5, 0.6) is 0 Å². The van der Waals surface area contributed by atoms with Crippen LogP contribution in [0.4, 0.5) is 5.82 Å². The third-order valence-electron chi connectivity index (χ3n) is 2.42. The van der Waals surface area contributed by atoms with E-state index in [0.717, 1.165) is 0 Å². The topological polar surface area (TPSA) is 110 Å². The van der Waals surface area contributed by atoms with Crippen LogP contribution >= 0.6 is 0 Å². The van der Waals surface area contributed by atoms with Crippen molar-refractivity contribution < 1.29 is 13.5 Å². The fraction of sp³-hybridized carbons (Fsp3) is 0.700. The van der Waals surface area contributed by atoms with Crippen LogP contribution in [-0.2, 0) is 16.6 Å². The van der Waals surface area contributed by atoms with E-state index in [0.29, 0.717) is 13.0 Å². The second-order valence-corrected chi connectivity index (χ2v) is 6.02. The molecule has 2 unspecified atom stereocenters. The highest BCUT2D eigenvalue weighted by molar-refractivity contribution is 7.89. The number of aromatic nitrogens is 2. The van der Waals surface area contributed by atoms with Crippen molar-refractivity contribution in [3.05, 3.63) is 6.20 Å². The van der Waals surface area contributed by atoms with E-state index in [1.54, 1.807) is 13.8 Å². The molecule has 18 heavy (non-hydrogen) atoms. The summed E-state index contributed by atoms with van der Waals surface area (Å²) < 4.78 is 28.0. The Labute approximate surface area is 107 Å². The lowest BCUT2D eigenvalue weighted by atomic mass is 10.2. The third-order valence-corrected chi connectivity index (χ3v) is 4.03. The molecular formula is C10H20N4O3S. The normalized spacial score (nSPS) is 15.6. The van der Waals surface area contributed by atoms with Gasteiger partial charge in [-0.05, 0) is 27.2 Å². The largest absolute Gasteiger partial charge is 0.393 e. The molecule has 1 aromatic rings. The van der Waals surface area contributed by atoms with E-state index in [1.807, 2.05) is 6.92 Å². The molecule has 0 aromatic carbocycles. The molecule has 0 saturated heterocycles. The van der Waals surface area contributed by atoms with Gasteiger partial charge in [-0.3, -0.25) is 4.68 Å². The molecule has 1 aromatic heterocycles. The van der Waals surface area contributed by atoms with Gasteiger partial charge in [0.1, 0.15) is 4.90 Å². The Kier molecular flexibility index (Phi) is 4.71. The number of nitrogen functional groups attached to an aromatic ring is 1. The lowest BCUT2D eigenvalue weighted by molar-refractivity contribution is 0.175. The lowest BCUT2D eigenvalue weighted by Crippen LogP contribution is -2.34. The van der Waals surface area contributed by atoms with E-state index < -0.39 is 16.1 Å². The fourth-order valence-corrected chi connectivity index (χ4v) is 3.00. The van der Waals surface area contributed by atoms with Crippen LogP contribution in [0.25, 0.3) is 0 Å². The molecule has 0 aliphatic heterocycles. The predicted molar refractivity (Wildman–Crippen MR) is 68.4 cm³/mol. The summed E-state index contributed by atoms with van der Waals surface area (Å²) >= 11 is 0. The Morgan fingerprint density at radius 2 is 2.17 bits per heavy atom. The zero-order chi connectivity index (χ0) is 13.9. The Balaban J connectivity index is 2.89. The number of hydrogen-bond donors (Lipinski definition) is 3. The first-order valence-corrected chi connectivity index (χ1v) is 7.28. The van der Waals surface area contributed by atoms with Crippen molar-refractivity contribution in [2.24, 2.45) is 0 Å². The highest BCUT2D eigenvalue weighted by Crippen LogP contribution is 2.16. The summed E-state index contributed by atoms with van der Waals surface area (Å²) in [5.74, 6) is -0.0198. The molecule has 2 atom stereocenters. The summed E-state index contributed by atoms with van der Waals surface area (Å²) in [6, 6.07) is -0.376. The van der Waals surface area contributed by atoms with Gasteiger partial charge in [-0.15, -0.1) is 0 Å². The minimum absolute atomic E-state index is 0.0198. The summed E-state index contributed by atoms with van der Waals surface area (Å²) in [6.07, 6.45) is 1.16. The van der Waals surface area contributed by atoms with Gasteiger partial charge in [-0.25, -0.2) is 13.1 Å². The molecule has 0 aliphatic carbocycles. The summed E-state index contributed by atoms with van der Waals surface area (Å²) in [4.78, 5) is -0.0261. The van der Waals surface area contributed by atoms with E-state index >= 15 is 0 Å². The van der Waals surface area contributed by atoms with Crippen molar-refractivity contribution in [2.45, 2.75) is 50.8 Å². The van der Waals surface area contributed by atoms with Crippen molar-refractivity contribution in [2.75, 3.05) is 5.73 Å². The number of hydrogen-bond acceptors (Lipinski definition) is 5. The molecule has 4 N–H and O–H groups in total. The molecule has 0 fully saturated rings. The summed E-state index contributed by atoms with van der Waals surface area (Å²) in [5.41, 5.74) is 5.58. The van der Waals surface area contributed by atoms with Crippen LogP contribution in [0.1, 0.15) is 27.2 Å². The number of nitrogens with one attached hydrogen (secondary N) is 1. The monoisotopic (exact) mass is 276 g/mol. The smallest absolute Gasteiger partial charge is 0.246 e. The molecule has 0 amide bonds. The van der Waals surface area contributed by atoms with Crippen LogP contribution in [0.3, 0.4) is 0 Å². The third kappa shape index (κ3) is 3.69. The Morgan fingerprint density at radius 1 is 1.56 bits per heavy atom. The number of aryl methyl sites for hydroxylation is 1. The fourth-order valence-electron chi connectivity index (χ4n) is 1.68. The van der Waals surface area contributed by atoms with Crippen LogP contribution in [-0.4, -0.2) is 35.5 Å². The highest BCUT2D eigenvalue weighted by Gasteiger charge is 2.23. The van der Waals surface area contributed by atoms with Crippen molar-refractivity contribution >= 4 is 15.8 Å². The van der Waals surface area contributed by atoms with Crippen molar-refractivity contribution in [3.8, 4) is 0 Å². The van der Waals surface area contributed by atoms with Gasteiger partial charge in [0.2, 0.25) is 10.0 Å². The maximum Gasteiger partial charge on any atom is 0.246 e. The maximum absolute atomic E-state index is 12.0. The average molecular weight is 276 g/mol. The first-order chi connectivity index (χ1) is 8.26. The zero-order valence-electron chi connectivity index (χ0n) is 10.8. The molecule has 1 rings (SSSR count). The van der Waals surface area contributed by atoms with Gasteiger partial charge in [0.25, 0.3) is 0 Å². The Morgan fingerprint density at radius 3 is 2.61 bits per heavy atom. The number of rotatable bonds is 6. The minimum Gasteiger partial charge on any atom is -0.393 e.